The first-order chi connectivity index (χ1) is 12.1. The molecule has 0 bridgehead atoms. The van der Waals surface area contributed by atoms with E-state index in [1.54, 1.807) is 19.2 Å². The summed E-state index contributed by atoms with van der Waals surface area (Å²) in [4.78, 5) is 21.3. The van der Waals surface area contributed by atoms with Gasteiger partial charge in [0.1, 0.15) is 5.75 Å². The molecule has 0 unspecified atom stereocenters. The predicted octanol–water partition coefficient (Wildman–Crippen LogP) is 3.23. The van der Waals surface area contributed by atoms with Crippen molar-refractivity contribution in [1.29, 1.82) is 0 Å². The first-order valence-corrected chi connectivity index (χ1v) is 8.23. The van der Waals surface area contributed by atoms with E-state index in [4.69, 9.17) is 4.74 Å². The van der Waals surface area contributed by atoms with Crippen LogP contribution in [-0.4, -0.2) is 29.5 Å². The molecular formula is C20H21N3O2. The fraction of sp³-hybridized carbons (Fsp3) is 0.250. The fourth-order valence-electron chi connectivity index (χ4n) is 2.59. The van der Waals surface area contributed by atoms with Crippen molar-refractivity contribution >= 4 is 16.9 Å². The zero-order valence-electron chi connectivity index (χ0n) is 14.7. The van der Waals surface area contributed by atoms with E-state index < -0.39 is 0 Å². The van der Waals surface area contributed by atoms with E-state index in [0.29, 0.717) is 12.1 Å². The number of fused-ring (bicyclic) bond motifs is 1. The van der Waals surface area contributed by atoms with Crippen LogP contribution in [0.1, 0.15) is 27.3 Å². The SMILES string of the molecule is COc1ccc(CCNC(=O)c2ccc3nc(C)c(C)nc3c2)cc1. The van der Waals surface area contributed by atoms with Crippen molar-refractivity contribution < 1.29 is 9.53 Å². The summed E-state index contributed by atoms with van der Waals surface area (Å²) in [6, 6.07) is 13.3. The van der Waals surface area contributed by atoms with E-state index in [-0.39, 0.29) is 5.91 Å². The summed E-state index contributed by atoms with van der Waals surface area (Å²) in [5, 5.41) is 2.95. The van der Waals surface area contributed by atoms with Crippen LogP contribution in [0.4, 0.5) is 0 Å². The first-order valence-electron chi connectivity index (χ1n) is 8.23. The topological polar surface area (TPSA) is 64.1 Å². The molecule has 5 heteroatoms. The van der Waals surface area contributed by atoms with Gasteiger partial charge in [0.25, 0.3) is 5.91 Å². The first kappa shape index (κ1) is 16.9. The van der Waals surface area contributed by atoms with Gasteiger partial charge in [-0.15, -0.1) is 0 Å². The molecule has 128 valence electrons. The van der Waals surface area contributed by atoms with Gasteiger partial charge in [-0.3, -0.25) is 4.79 Å². The van der Waals surface area contributed by atoms with E-state index >= 15 is 0 Å². The number of hydrogen-bond donors (Lipinski definition) is 1. The number of carbonyl (C=O) groups excluding carboxylic acids is 1. The van der Waals surface area contributed by atoms with Crippen LogP contribution in [0.3, 0.4) is 0 Å². The van der Waals surface area contributed by atoms with Gasteiger partial charge in [0.15, 0.2) is 0 Å². The number of amides is 1. The normalized spacial score (nSPS) is 10.7. The Kier molecular flexibility index (Phi) is 4.93. The minimum absolute atomic E-state index is 0.101. The van der Waals surface area contributed by atoms with Crippen molar-refractivity contribution in [3.63, 3.8) is 0 Å². The van der Waals surface area contributed by atoms with Crippen LogP contribution in [0, 0.1) is 13.8 Å². The lowest BCUT2D eigenvalue weighted by Crippen LogP contribution is -2.25. The van der Waals surface area contributed by atoms with Crippen molar-refractivity contribution in [3.8, 4) is 5.75 Å². The predicted molar refractivity (Wildman–Crippen MR) is 98.0 cm³/mol. The molecule has 25 heavy (non-hydrogen) atoms. The Morgan fingerprint density at radius 3 is 2.36 bits per heavy atom. The second-order valence-electron chi connectivity index (χ2n) is 5.95. The summed E-state index contributed by atoms with van der Waals surface area (Å²) < 4.78 is 5.14. The molecule has 0 atom stereocenters. The molecule has 0 aliphatic heterocycles. The lowest BCUT2D eigenvalue weighted by Gasteiger charge is -2.08. The number of methoxy groups -OCH3 is 1. The summed E-state index contributed by atoms with van der Waals surface area (Å²) in [5.74, 6) is 0.728. The summed E-state index contributed by atoms with van der Waals surface area (Å²) in [6.45, 7) is 4.42. The molecule has 1 amide bonds. The number of carbonyl (C=O) groups is 1. The van der Waals surface area contributed by atoms with E-state index in [1.807, 2.05) is 44.2 Å². The fourth-order valence-corrected chi connectivity index (χ4v) is 2.59. The number of nitrogens with zero attached hydrogens (tertiary/aromatic N) is 2. The van der Waals surface area contributed by atoms with Crippen molar-refractivity contribution in [1.82, 2.24) is 15.3 Å². The maximum absolute atomic E-state index is 12.4. The number of aryl methyl sites for hydroxylation is 2. The molecule has 1 N–H and O–H groups in total. The third kappa shape index (κ3) is 3.94. The van der Waals surface area contributed by atoms with Crippen LogP contribution in [-0.2, 0) is 6.42 Å². The van der Waals surface area contributed by atoms with E-state index in [2.05, 4.69) is 15.3 Å². The van der Waals surface area contributed by atoms with Gasteiger partial charge in [-0.1, -0.05) is 12.1 Å². The van der Waals surface area contributed by atoms with Gasteiger partial charge in [-0.25, -0.2) is 9.97 Å². The maximum Gasteiger partial charge on any atom is 0.251 e. The van der Waals surface area contributed by atoms with Gasteiger partial charge in [0, 0.05) is 12.1 Å². The van der Waals surface area contributed by atoms with Gasteiger partial charge < -0.3 is 10.1 Å². The smallest absolute Gasteiger partial charge is 0.251 e. The average molecular weight is 335 g/mol. The molecule has 0 fully saturated rings. The standard InChI is InChI=1S/C20H21N3O2/c1-13-14(2)23-19-12-16(6-9-18(19)22-13)20(24)21-11-10-15-4-7-17(25-3)8-5-15/h4-9,12H,10-11H2,1-3H3,(H,21,24). The Balaban J connectivity index is 1.64. The molecule has 2 aromatic carbocycles. The van der Waals surface area contributed by atoms with Gasteiger partial charge >= 0.3 is 0 Å². The Labute approximate surface area is 147 Å². The monoisotopic (exact) mass is 335 g/mol. The van der Waals surface area contributed by atoms with E-state index in [1.165, 1.54) is 0 Å². The van der Waals surface area contributed by atoms with Crippen LogP contribution >= 0.6 is 0 Å². The number of hydrogen-bond acceptors (Lipinski definition) is 4. The van der Waals surface area contributed by atoms with Crippen LogP contribution < -0.4 is 10.1 Å². The number of ether oxygens (including phenoxy) is 1. The number of benzene rings is 2. The highest BCUT2D eigenvalue weighted by molar-refractivity contribution is 5.97. The molecule has 0 saturated heterocycles. The molecule has 1 heterocycles. The molecular weight excluding hydrogens is 314 g/mol. The second kappa shape index (κ2) is 7.30. The van der Waals surface area contributed by atoms with E-state index in [9.17, 15) is 4.79 Å². The molecule has 0 radical (unpaired) electrons. The minimum atomic E-state index is -0.101. The third-order valence-electron chi connectivity index (χ3n) is 4.20. The quantitative estimate of drug-likeness (QED) is 0.777. The van der Waals surface area contributed by atoms with Gasteiger partial charge in [0.2, 0.25) is 0 Å². The Hall–Kier alpha value is -2.95. The zero-order valence-corrected chi connectivity index (χ0v) is 14.7. The number of rotatable bonds is 5. The summed E-state index contributed by atoms with van der Waals surface area (Å²) in [5.41, 5.74) is 5.08. The average Bonchev–Trinajstić information content (AvgIpc) is 2.63. The van der Waals surface area contributed by atoms with Crippen molar-refractivity contribution in [2.24, 2.45) is 0 Å². The van der Waals surface area contributed by atoms with Gasteiger partial charge in [0.05, 0.1) is 29.5 Å². The molecule has 1 aromatic heterocycles. The van der Waals surface area contributed by atoms with Gasteiger partial charge in [-0.05, 0) is 56.2 Å². The summed E-state index contributed by atoms with van der Waals surface area (Å²) in [6.07, 6.45) is 0.765. The largest absolute Gasteiger partial charge is 0.497 e. The van der Waals surface area contributed by atoms with Crippen molar-refractivity contribution in [2.75, 3.05) is 13.7 Å². The summed E-state index contributed by atoms with van der Waals surface area (Å²) in [7, 11) is 1.64. The highest BCUT2D eigenvalue weighted by Gasteiger charge is 2.08. The molecule has 0 saturated carbocycles. The lowest BCUT2D eigenvalue weighted by atomic mass is 10.1. The third-order valence-corrected chi connectivity index (χ3v) is 4.20. The second-order valence-corrected chi connectivity index (χ2v) is 5.95. The molecule has 5 nitrogen and oxygen atoms in total. The lowest BCUT2D eigenvalue weighted by molar-refractivity contribution is 0.0954. The molecule has 3 rings (SSSR count). The zero-order chi connectivity index (χ0) is 17.8. The molecule has 3 aromatic rings. The highest BCUT2D eigenvalue weighted by atomic mass is 16.5. The van der Waals surface area contributed by atoms with Crippen molar-refractivity contribution in [2.45, 2.75) is 20.3 Å². The van der Waals surface area contributed by atoms with Crippen LogP contribution in [0.2, 0.25) is 0 Å². The van der Waals surface area contributed by atoms with Crippen molar-refractivity contribution in [3.05, 3.63) is 65.0 Å². The summed E-state index contributed by atoms with van der Waals surface area (Å²) >= 11 is 0. The molecule has 0 spiro atoms. The Morgan fingerprint density at radius 1 is 1.00 bits per heavy atom. The molecule has 0 aliphatic rings. The minimum Gasteiger partial charge on any atom is -0.497 e. The van der Waals surface area contributed by atoms with Crippen LogP contribution in [0.15, 0.2) is 42.5 Å². The molecule has 0 aliphatic carbocycles. The maximum atomic E-state index is 12.4. The van der Waals surface area contributed by atoms with E-state index in [0.717, 1.165) is 40.2 Å². The van der Waals surface area contributed by atoms with Gasteiger partial charge in [-0.2, -0.15) is 0 Å². The van der Waals surface area contributed by atoms with Crippen LogP contribution in [0.25, 0.3) is 11.0 Å². The Morgan fingerprint density at radius 2 is 1.68 bits per heavy atom. The van der Waals surface area contributed by atoms with Crippen LogP contribution in [0.5, 0.6) is 5.75 Å². The number of aromatic nitrogens is 2. The highest BCUT2D eigenvalue weighted by Crippen LogP contribution is 2.15. The number of nitrogens with one attached hydrogen (secondary N) is 1. The Bertz CT molecular complexity index is 905.